The van der Waals surface area contributed by atoms with E-state index < -0.39 is 6.10 Å². The Morgan fingerprint density at radius 2 is 1.66 bits per heavy atom. The zero-order valence-corrected chi connectivity index (χ0v) is 17.3. The topological polar surface area (TPSA) is 56.8 Å². The van der Waals surface area contributed by atoms with Crippen molar-refractivity contribution in [3.63, 3.8) is 0 Å². The van der Waals surface area contributed by atoms with Gasteiger partial charge in [-0.1, -0.05) is 43.3 Å². The fourth-order valence-corrected chi connectivity index (χ4v) is 3.24. The molecule has 0 aliphatic rings. The van der Waals surface area contributed by atoms with E-state index in [2.05, 4.69) is 5.32 Å². The normalized spacial score (nSPS) is 12.8. The monoisotopic (exact) mass is 393 g/mol. The first kappa shape index (κ1) is 20.5. The molecule has 0 fully saturated rings. The van der Waals surface area contributed by atoms with Gasteiger partial charge in [0.2, 0.25) is 0 Å². The van der Waals surface area contributed by atoms with Gasteiger partial charge in [-0.05, 0) is 53.9 Å². The lowest BCUT2D eigenvalue weighted by atomic mass is 10.1. The number of hydrogen-bond acceptors (Lipinski definition) is 4. The van der Waals surface area contributed by atoms with Crippen molar-refractivity contribution in [1.29, 1.82) is 0 Å². The maximum atomic E-state index is 12.8. The maximum absolute atomic E-state index is 12.8. The second kappa shape index (κ2) is 9.32. The van der Waals surface area contributed by atoms with Gasteiger partial charge in [0.05, 0.1) is 20.3 Å². The largest absolute Gasteiger partial charge is 0.493 e. The van der Waals surface area contributed by atoms with Crippen molar-refractivity contribution in [3.05, 3.63) is 66.2 Å². The smallest absolute Gasteiger partial charge is 0.261 e. The van der Waals surface area contributed by atoms with Gasteiger partial charge < -0.3 is 19.5 Å². The van der Waals surface area contributed by atoms with E-state index in [1.54, 1.807) is 14.2 Å². The van der Waals surface area contributed by atoms with E-state index in [1.165, 1.54) is 0 Å². The minimum Gasteiger partial charge on any atom is -0.493 e. The highest BCUT2D eigenvalue weighted by atomic mass is 16.5. The molecule has 0 radical (unpaired) electrons. The van der Waals surface area contributed by atoms with Gasteiger partial charge in [-0.2, -0.15) is 0 Å². The van der Waals surface area contributed by atoms with E-state index in [4.69, 9.17) is 14.2 Å². The number of amides is 1. The highest BCUT2D eigenvalue weighted by molar-refractivity contribution is 5.84. The van der Waals surface area contributed by atoms with Gasteiger partial charge in [-0.15, -0.1) is 0 Å². The molecule has 0 heterocycles. The zero-order valence-electron chi connectivity index (χ0n) is 17.3. The number of fused-ring (bicyclic) bond motifs is 1. The van der Waals surface area contributed by atoms with Crippen LogP contribution in [0.15, 0.2) is 60.7 Å². The number of rotatable bonds is 8. The average Bonchev–Trinajstić information content (AvgIpc) is 2.76. The van der Waals surface area contributed by atoms with Crippen LogP contribution in [-0.2, 0) is 4.79 Å². The molecule has 0 bridgehead atoms. The molecule has 29 heavy (non-hydrogen) atoms. The van der Waals surface area contributed by atoms with E-state index in [0.717, 1.165) is 16.3 Å². The lowest BCUT2D eigenvalue weighted by Crippen LogP contribution is -2.39. The molecule has 0 saturated carbocycles. The third-order valence-electron chi connectivity index (χ3n) is 4.93. The Labute approximate surface area is 171 Å². The number of benzene rings is 3. The molecule has 1 amide bonds. The summed E-state index contributed by atoms with van der Waals surface area (Å²) in [5.41, 5.74) is 0.927. The summed E-state index contributed by atoms with van der Waals surface area (Å²) in [6.45, 7) is 3.87. The molecule has 0 spiro atoms. The van der Waals surface area contributed by atoms with E-state index in [-0.39, 0.29) is 11.9 Å². The highest BCUT2D eigenvalue weighted by Crippen LogP contribution is 2.30. The van der Waals surface area contributed by atoms with Crippen LogP contribution in [0.25, 0.3) is 10.8 Å². The van der Waals surface area contributed by atoms with Crippen molar-refractivity contribution >= 4 is 16.7 Å². The summed E-state index contributed by atoms with van der Waals surface area (Å²) in [6, 6.07) is 19.3. The number of carbonyl (C=O) groups excluding carboxylic acids is 1. The van der Waals surface area contributed by atoms with Crippen molar-refractivity contribution in [3.8, 4) is 17.2 Å². The number of hydrogen-bond donors (Lipinski definition) is 1. The van der Waals surface area contributed by atoms with Gasteiger partial charge in [0.1, 0.15) is 5.75 Å². The Hall–Kier alpha value is -3.21. The molecule has 2 atom stereocenters. The van der Waals surface area contributed by atoms with Crippen LogP contribution in [0.2, 0.25) is 0 Å². The van der Waals surface area contributed by atoms with E-state index in [1.807, 2.05) is 74.5 Å². The first-order valence-electron chi connectivity index (χ1n) is 9.73. The molecule has 0 aromatic heterocycles. The van der Waals surface area contributed by atoms with E-state index in [9.17, 15) is 4.79 Å². The SMILES string of the molecule is CCC(Oc1ccc2ccccc2c1)C(=O)NC(C)c1ccc(OC)c(OC)c1. The molecule has 0 aliphatic heterocycles. The van der Waals surface area contributed by atoms with Gasteiger partial charge in [0.25, 0.3) is 5.91 Å². The van der Waals surface area contributed by atoms with Crippen LogP contribution >= 0.6 is 0 Å². The summed E-state index contributed by atoms with van der Waals surface area (Å²) in [5.74, 6) is 1.82. The standard InChI is InChI=1S/C24H27NO4/c1-5-21(29-20-12-10-17-8-6-7-9-19(17)14-20)24(26)25-16(2)18-11-13-22(27-3)23(15-18)28-4/h6-16,21H,5H2,1-4H3,(H,25,26). The molecular weight excluding hydrogens is 366 g/mol. The van der Waals surface area contributed by atoms with Gasteiger partial charge in [0.15, 0.2) is 17.6 Å². The van der Waals surface area contributed by atoms with Crippen LogP contribution in [-0.4, -0.2) is 26.2 Å². The minimum atomic E-state index is -0.571. The fourth-order valence-electron chi connectivity index (χ4n) is 3.24. The van der Waals surface area contributed by atoms with E-state index in [0.29, 0.717) is 23.7 Å². The summed E-state index contributed by atoms with van der Waals surface area (Å²) in [5, 5.41) is 5.25. The van der Waals surface area contributed by atoms with Crippen molar-refractivity contribution in [1.82, 2.24) is 5.32 Å². The Bertz CT molecular complexity index is 986. The molecule has 3 aromatic rings. The molecule has 1 N–H and O–H groups in total. The fraction of sp³-hybridized carbons (Fsp3) is 0.292. The second-order valence-corrected chi connectivity index (χ2v) is 6.87. The average molecular weight is 393 g/mol. The molecule has 2 unspecified atom stereocenters. The summed E-state index contributed by atoms with van der Waals surface area (Å²) in [7, 11) is 3.19. The van der Waals surface area contributed by atoms with Crippen molar-refractivity contribution in [2.45, 2.75) is 32.4 Å². The molecule has 0 saturated heterocycles. The van der Waals surface area contributed by atoms with Crippen LogP contribution in [0, 0.1) is 0 Å². The number of methoxy groups -OCH3 is 2. The summed E-state index contributed by atoms with van der Waals surface area (Å²) < 4.78 is 16.6. The molecule has 3 aromatic carbocycles. The van der Waals surface area contributed by atoms with Crippen LogP contribution in [0.3, 0.4) is 0 Å². The molecule has 0 aliphatic carbocycles. The quantitative estimate of drug-likeness (QED) is 0.592. The molecule has 5 nitrogen and oxygen atoms in total. The van der Waals surface area contributed by atoms with Crippen LogP contribution < -0.4 is 19.5 Å². The number of ether oxygens (including phenoxy) is 3. The predicted octanol–water partition coefficient (Wildman–Crippen LogP) is 4.89. The molecular formula is C24H27NO4. The third kappa shape index (κ3) is 4.80. The first-order valence-corrected chi connectivity index (χ1v) is 9.73. The van der Waals surface area contributed by atoms with Crippen LogP contribution in [0.4, 0.5) is 0 Å². The highest BCUT2D eigenvalue weighted by Gasteiger charge is 2.21. The summed E-state index contributed by atoms with van der Waals surface area (Å²) in [6.07, 6.45) is -0.00382. The van der Waals surface area contributed by atoms with Gasteiger partial charge in [-0.25, -0.2) is 0 Å². The lowest BCUT2D eigenvalue weighted by molar-refractivity contribution is -0.128. The number of carbonyl (C=O) groups is 1. The van der Waals surface area contributed by atoms with Gasteiger partial charge in [-0.3, -0.25) is 4.79 Å². The minimum absolute atomic E-state index is 0.150. The lowest BCUT2D eigenvalue weighted by Gasteiger charge is -2.21. The van der Waals surface area contributed by atoms with Gasteiger partial charge in [0, 0.05) is 0 Å². The van der Waals surface area contributed by atoms with E-state index >= 15 is 0 Å². The summed E-state index contributed by atoms with van der Waals surface area (Å²) in [4.78, 5) is 12.8. The molecule has 3 rings (SSSR count). The third-order valence-corrected chi connectivity index (χ3v) is 4.93. The van der Waals surface area contributed by atoms with Crippen molar-refractivity contribution in [2.75, 3.05) is 14.2 Å². The van der Waals surface area contributed by atoms with Gasteiger partial charge >= 0.3 is 0 Å². The number of nitrogens with one attached hydrogen (secondary N) is 1. The van der Waals surface area contributed by atoms with Crippen molar-refractivity contribution < 1.29 is 19.0 Å². The van der Waals surface area contributed by atoms with Crippen LogP contribution in [0.5, 0.6) is 17.2 Å². The summed E-state index contributed by atoms with van der Waals surface area (Å²) >= 11 is 0. The molecule has 152 valence electrons. The Balaban J connectivity index is 1.70. The van der Waals surface area contributed by atoms with Crippen LogP contribution in [0.1, 0.15) is 31.9 Å². The first-order chi connectivity index (χ1) is 14.0. The second-order valence-electron chi connectivity index (χ2n) is 6.87. The Morgan fingerprint density at radius 3 is 2.34 bits per heavy atom. The van der Waals surface area contributed by atoms with Crippen molar-refractivity contribution in [2.24, 2.45) is 0 Å². The maximum Gasteiger partial charge on any atom is 0.261 e. The zero-order chi connectivity index (χ0) is 20.8. The Kier molecular flexibility index (Phi) is 6.60. The Morgan fingerprint density at radius 1 is 0.931 bits per heavy atom. The molecule has 5 heteroatoms. The predicted molar refractivity (Wildman–Crippen MR) is 115 cm³/mol.